The van der Waals surface area contributed by atoms with Crippen LogP contribution in [0, 0.1) is 5.92 Å². The highest BCUT2D eigenvalue weighted by Gasteiger charge is 2.13. The van der Waals surface area contributed by atoms with Crippen LogP contribution in [0.15, 0.2) is 29.8 Å². The summed E-state index contributed by atoms with van der Waals surface area (Å²) in [6.07, 6.45) is 4.26. The summed E-state index contributed by atoms with van der Waals surface area (Å²) in [5.74, 6) is 0.740. The minimum absolute atomic E-state index is 0.532. The summed E-state index contributed by atoms with van der Waals surface area (Å²) >= 11 is 1.66. The van der Waals surface area contributed by atoms with Crippen molar-refractivity contribution in [1.82, 2.24) is 15.3 Å². The Labute approximate surface area is 125 Å². The van der Waals surface area contributed by atoms with Crippen LogP contribution in [-0.2, 0) is 6.54 Å². The summed E-state index contributed by atoms with van der Waals surface area (Å²) in [5, 5.41) is 6.71. The van der Waals surface area contributed by atoms with Crippen molar-refractivity contribution in [3.05, 3.63) is 35.5 Å². The Morgan fingerprint density at radius 3 is 2.70 bits per heavy atom. The van der Waals surface area contributed by atoms with Gasteiger partial charge in [0.1, 0.15) is 5.01 Å². The van der Waals surface area contributed by atoms with E-state index in [1.165, 1.54) is 12.8 Å². The predicted molar refractivity (Wildman–Crippen MR) is 85.7 cm³/mol. The lowest BCUT2D eigenvalue weighted by Crippen LogP contribution is -2.32. The molecule has 4 heteroatoms. The van der Waals surface area contributed by atoms with E-state index in [0.29, 0.717) is 6.04 Å². The van der Waals surface area contributed by atoms with E-state index in [1.807, 2.05) is 24.4 Å². The van der Waals surface area contributed by atoms with E-state index in [4.69, 9.17) is 0 Å². The van der Waals surface area contributed by atoms with Crippen molar-refractivity contribution in [2.45, 2.75) is 46.2 Å². The van der Waals surface area contributed by atoms with Gasteiger partial charge in [-0.3, -0.25) is 4.98 Å². The zero-order valence-corrected chi connectivity index (χ0v) is 13.3. The third-order valence-corrected chi connectivity index (χ3v) is 4.71. The molecule has 0 bridgehead atoms. The molecule has 0 radical (unpaired) electrons. The average Bonchev–Trinajstić information content (AvgIpc) is 2.96. The molecular weight excluding hydrogens is 266 g/mol. The summed E-state index contributed by atoms with van der Waals surface area (Å²) in [4.78, 5) is 9.00. The zero-order chi connectivity index (χ0) is 14.4. The number of nitrogens with zero attached hydrogens (tertiary/aromatic N) is 2. The summed E-state index contributed by atoms with van der Waals surface area (Å²) in [6, 6.07) is 6.46. The number of hydrogen-bond donors (Lipinski definition) is 1. The molecule has 0 aliphatic carbocycles. The third kappa shape index (κ3) is 3.87. The van der Waals surface area contributed by atoms with Crippen molar-refractivity contribution >= 4 is 11.3 Å². The van der Waals surface area contributed by atoms with E-state index >= 15 is 0 Å². The molecule has 1 atom stereocenters. The van der Waals surface area contributed by atoms with Crippen LogP contribution in [0.25, 0.3) is 10.7 Å². The summed E-state index contributed by atoms with van der Waals surface area (Å²) in [7, 11) is 0. The molecule has 0 aliphatic heterocycles. The molecule has 108 valence electrons. The van der Waals surface area contributed by atoms with Crippen LogP contribution in [0.3, 0.4) is 0 Å². The van der Waals surface area contributed by atoms with Gasteiger partial charge >= 0.3 is 0 Å². The van der Waals surface area contributed by atoms with Gasteiger partial charge in [-0.05, 0) is 25.0 Å². The van der Waals surface area contributed by atoms with E-state index < -0.39 is 0 Å². The van der Waals surface area contributed by atoms with Crippen molar-refractivity contribution in [2.75, 3.05) is 0 Å². The Bertz CT molecular complexity index is 505. The van der Waals surface area contributed by atoms with Crippen molar-refractivity contribution in [3.63, 3.8) is 0 Å². The van der Waals surface area contributed by atoms with Crippen molar-refractivity contribution in [1.29, 1.82) is 0 Å². The van der Waals surface area contributed by atoms with Gasteiger partial charge in [-0.15, -0.1) is 11.3 Å². The van der Waals surface area contributed by atoms with E-state index in [-0.39, 0.29) is 0 Å². The molecule has 0 saturated heterocycles. The normalized spacial score (nSPS) is 12.8. The molecule has 1 unspecified atom stereocenters. The first-order chi connectivity index (χ1) is 9.74. The van der Waals surface area contributed by atoms with Crippen LogP contribution in [0.4, 0.5) is 0 Å². The van der Waals surface area contributed by atoms with Gasteiger partial charge < -0.3 is 5.32 Å². The fourth-order valence-electron chi connectivity index (χ4n) is 2.42. The second-order valence-electron chi connectivity index (χ2n) is 5.11. The van der Waals surface area contributed by atoms with Gasteiger partial charge in [0.25, 0.3) is 0 Å². The predicted octanol–water partition coefficient (Wildman–Crippen LogP) is 4.12. The highest BCUT2D eigenvalue weighted by atomic mass is 32.1. The first-order valence-corrected chi connectivity index (χ1v) is 8.21. The second-order valence-corrected chi connectivity index (χ2v) is 5.96. The van der Waals surface area contributed by atoms with Crippen LogP contribution in [-0.4, -0.2) is 16.0 Å². The van der Waals surface area contributed by atoms with E-state index in [0.717, 1.165) is 28.9 Å². The number of rotatable bonds is 7. The number of hydrogen-bond acceptors (Lipinski definition) is 4. The Morgan fingerprint density at radius 1 is 1.25 bits per heavy atom. The van der Waals surface area contributed by atoms with Crippen molar-refractivity contribution in [2.24, 2.45) is 5.92 Å². The first-order valence-electron chi connectivity index (χ1n) is 7.33. The Balaban J connectivity index is 1.94. The minimum atomic E-state index is 0.532. The molecule has 0 spiro atoms. The van der Waals surface area contributed by atoms with E-state index in [1.54, 1.807) is 11.3 Å². The molecule has 0 amide bonds. The average molecular weight is 289 g/mol. The smallest absolute Gasteiger partial charge is 0.142 e. The summed E-state index contributed by atoms with van der Waals surface area (Å²) in [6.45, 7) is 7.62. The SMILES string of the molecule is CCC(CC)C(C)NCc1csc(-c2ccccn2)n1. The van der Waals surface area contributed by atoms with E-state index in [2.05, 4.69) is 41.4 Å². The largest absolute Gasteiger partial charge is 0.308 e. The highest BCUT2D eigenvalue weighted by molar-refractivity contribution is 7.13. The monoisotopic (exact) mass is 289 g/mol. The number of aromatic nitrogens is 2. The molecule has 2 heterocycles. The molecule has 0 aliphatic rings. The van der Waals surface area contributed by atoms with Crippen molar-refractivity contribution in [3.8, 4) is 10.7 Å². The quantitative estimate of drug-likeness (QED) is 0.833. The maximum absolute atomic E-state index is 4.66. The molecule has 0 saturated carbocycles. The standard InChI is InChI=1S/C16H23N3S/c1-4-13(5-2)12(3)18-10-14-11-20-16(19-14)15-8-6-7-9-17-15/h6-9,11-13,18H,4-5,10H2,1-3H3. The molecular formula is C16H23N3S. The van der Waals surface area contributed by atoms with Gasteiger partial charge in [0.05, 0.1) is 11.4 Å². The number of pyridine rings is 1. The van der Waals surface area contributed by atoms with Gasteiger partial charge in [-0.2, -0.15) is 0 Å². The lowest BCUT2D eigenvalue weighted by Gasteiger charge is -2.22. The fourth-order valence-corrected chi connectivity index (χ4v) is 3.22. The van der Waals surface area contributed by atoms with Gasteiger partial charge in [-0.1, -0.05) is 32.8 Å². The minimum Gasteiger partial charge on any atom is -0.308 e. The molecule has 20 heavy (non-hydrogen) atoms. The van der Waals surface area contributed by atoms with Crippen LogP contribution in [0.1, 0.15) is 39.3 Å². The zero-order valence-electron chi connectivity index (χ0n) is 12.5. The third-order valence-electron chi connectivity index (χ3n) is 3.80. The molecule has 2 aromatic heterocycles. The van der Waals surface area contributed by atoms with E-state index in [9.17, 15) is 0 Å². The maximum atomic E-state index is 4.66. The Kier molecular flexibility index (Phi) is 5.68. The van der Waals surface area contributed by atoms with Crippen molar-refractivity contribution < 1.29 is 0 Å². The van der Waals surface area contributed by atoms with Crippen LogP contribution in [0.2, 0.25) is 0 Å². The molecule has 0 fully saturated rings. The molecule has 2 aromatic rings. The summed E-state index contributed by atoms with van der Waals surface area (Å²) < 4.78 is 0. The molecule has 3 nitrogen and oxygen atoms in total. The molecule has 0 aromatic carbocycles. The Morgan fingerprint density at radius 2 is 2.05 bits per heavy atom. The Hall–Kier alpha value is -1.26. The fraction of sp³-hybridized carbons (Fsp3) is 0.500. The highest BCUT2D eigenvalue weighted by Crippen LogP contribution is 2.21. The van der Waals surface area contributed by atoms with Gasteiger partial charge in [-0.25, -0.2) is 4.98 Å². The topological polar surface area (TPSA) is 37.8 Å². The lowest BCUT2D eigenvalue weighted by atomic mass is 9.95. The van der Waals surface area contributed by atoms with Crippen LogP contribution in [0.5, 0.6) is 0 Å². The van der Waals surface area contributed by atoms with Gasteiger partial charge in [0.15, 0.2) is 0 Å². The number of thiazole rings is 1. The summed E-state index contributed by atoms with van der Waals surface area (Å²) in [5.41, 5.74) is 2.06. The number of nitrogens with one attached hydrogen (secondary N) is 1. The lowest BCUT2D eigenvalue weighted by molar-refractivity contribution is 0.352. The van der Waals surface area contributed by atoms with Crippen LogP contribution < -0.4 is 5.32 Å². The molecule has 1 N–H and O–H groups in total. The second kappa shape index (κ2) is 7.50. The maximum Gasteiger partial charge on any atom is 0.142 e. The first kappa shape index (κ1) is 15.1. The molecule has 2 rings (SSSR count). The van der Waals surface area contributed by atoms with Gasteiger partial charge in [0.2, 0.25) is 0 Å². The van der Waals surface area contributed by atoms with Crippen LogP contribution >= 0.6 is 11.3 Å². The van der Waals surface area contributed by atoms with Gasteiger partial charge in [0, 0.05) is 24.2 Å².